The molecule has 1 fully saturated rings. The van der Waals surface area contributed by atoms with Crippen molar-refractivity contribution >= 4 is 17.7 Å². The van der Waals surface area contributed by atoms with E-state index in [0.29, 0.717) is 12.3 Å². The Kier molecular flexibility index (Phi) is 8.21. The monoisotopic (exact) mass is 400 g/mol. The van der Waals surface area contributed by atoms with Gasteiger partial charge in [0.15, 0.2) is 0 Å². The lowest BCUT2D eigenvalue weighted by molar-refractivity contribution is -0.118. The van der Waals surface area contributed by atoms with Gasteiger partial charge >= 0.3 is 0 Å². The first-order valence-electron chi connectivity index (χ1n) is 9.60. The molecule has 0 radical (unpaired) electrons. The zero-order valence-electron chi connectivity index (χ0n) is 16.3. The van der Waals surface area contributed by atoms with Gasteiger partial charge in [-0.1, -0.05) is 42.5 Å². The Morgan fingerprint density at radius 1 is 1.18 bits per heavy atom. The maximum Gasteiger partial charge on any atom is 0.230 e. The summed E-state index contributed by atoms with van der Waals surface area (Å²) in [5, 5.41) is 3.12. The van der Waals surface area contributed by atoms with Gasteiger partial charge < -0.3 is 14.8 Å². The van der Waals surface area contributed by atoms with Gasteiger partial charge in [-0.15, -0.1) is 11.8 Å². The summed E-state index contributed by atoms with van der Waals surface area (Å²) in [7, 11) is 1.68. The summed E-state index contributed by atoms with van der Waals surface area (Å²) in [5.74, 6) is 2.21. The fourth-order valence-corrected chi connectivity index (χ4v) is 4.11. The zero-order valence-corrected chi connectivity index (χ0v) is 17.1. The Morgan fingerprint density at radius 3 is 2.71 bits per heavy atom. The summed E-state index contributed by atoms with van der Waals surface area (Å²) in [5.41, 5.74) is 2.39. The van der Waals surface area contributed by atoms with Crippen LogP contribution in [-0.4, -0.2) is 56.5 Å². The molecule has 150 valence electrons. The number of benzene rings is 2. The summed E-state index contributed by atoms with van der Waals surface area (Å²) in [6.07, 6.45) is 0. The van der Waals surface area contributed by atoms with Gasteiger partial charge in [0.2, 0.25) is 5.91 Å². The summed E-state index contributed by atoms with van der Waals surface area (Å²) < 4.78 is 10.9. The smallest absolute Gasteiger partial charge is 0.230 e. The summed E-state index contributed by atoms with van der Waals surface area (Å²) >= 11 is 1.64. The SMILES string of the molecule is COc1cccc([C@H](CNC(=O)CSCc2ccccc2)N2CCOCC2)c1. The third-order valence-electron chi connectivity index (χ3n) is 4.80. The highest BCUT2D eigenvalue weighted by Crippen LogP contribution is 2.25. The van der Waals surface area contributed by atoms with Crippen LogP contribution in [0.1, 0.15) is 17.2 Å². The van der Waals surface area contributed by atoms with Gasteiger partial charge in [-0.3, -0.25) is 9.69 Å². The van der Waals surface area contributed by atoms with Crippen molar-refractivity contribution in [2.24, 2.45) is 0 Å². The fourth-order valence-electron chi connectivity index (χ4n) is 3.29. The summed E-state index contributed by atoms with van der Waals surface area (Å²) in [6, 6.07) is 18.4. The van der Waals surface area contributed by atoms with Gasteiger partial charge in [-0.2, -0.15) is 0 Å². The van der Waals surface area contributed by atoms with Crippen LogP contribution in [-0.2, 0) is 15.3 Å². The van der Waals surface area contributed by atoms with Crippen LogP contribution >= 0.6 is 11.8 Å². The van der Waals surface area contributed by atoms with Gasteiger partial charge in [0.25, 0.3) is 0 Å². The highest BCUT2D eigenvalue weighted by molar-refractivity contribution is 7.99. The second-order valence-electron chi connectivity index (χ2n) is 6.72. The van der Waals surface area contributed by atoms with Gasteiger partial charge in [0.05, 0.1) is 32.1 Å². The number of nitrogens with zero attached hydrogens (tertiary/aromatic N) is 1. The molecule has 0 unspecified atom stereocenters. The van der Waals surface area contributed by atoms with Crippen LogP contribution in [0.15, 0.2) is 54.6 Å². The number of carbonyl (C=O) groups excluding carboxylic acids is 1. The van der Waals surface area contributed by atoms with Crippen molar-refractivity contribution in [3.8, 4) is 5.75 Å². The van der Waals surface area contributed by atoms with Gasteiger partial charge in [0, 0.05) is 25.4 Å². The normalized spacial score (nSPS) is 15.8. The van der Waals surface area contributed by atoms with Crippen molar-refractivity contribution in [1.29, 1.82) is 0 Å². The zero-order chi connectivity index (χ0) is 19.6. The molecule has 6 heteroatoms. The molecule has 0 bridgehead atoms. The lowest BCUT2D eigenvalue weighted by Crippen LogP contribution is -2.44. The molecule has 0 spiro atoms. The van der Waals surface area contributed by atoms with Crippen molar-refractivity contribution < 1.29 is 14.3 Å². The first kappa shape index (κ1) is 20.7. The van der Waals surface area contributed by atoms with Crippen LogP contribution < -0.4 is 10.1 Å². The average Bonchev–Trinajstić information content (AvgIpc) is 2.75. The van der Waals surface area contributed by atoms with Crippen molar-refractivity contribution in [3.63, 3.8) is 0 Å². The number of amides is 1. The quantitative estimate of drug-likeness (QED) is 0.701. The number of rotatable bonds is 9. The van der Waals surface area contributed by atoms with E-state index in [9.17, 15) is 4.79 Å². The maximum atomic E-state index is 12.4. The minimum Gasteiger partial charge on any atom is -0.497 e. The minimum absolute atomic E-state index is 0.0714. The number of hydrogen-bond donors (Lipinski definition) is 1. The Bertz CT molecular complexity index is 736. The van der Waals surface area contributed by atoms with E-state index in [4.69, 9.17) is 9.47 Å². The van der Waals surface area contributed by atoms with E-state index in [0.717, 1.165) is 43.4 Å². The Hall–Kier alpha value is -2.02. The number of ether oxygens (including phenoxy) is 2. The Morgan fingerprint density at radius 2 is 1.96 bits per heavy atom. The molecule has 0 aromatic heterocycles. The van der Waals surface area contributed by atoms with Crippen LogP contribution in [0.4, 0.5) is 0 Å². The minimum atomic E-state index is 0.0714. The van der Waals surface area contributed by atoms with E-state index >= 15 is 0 Å². The predicted molar refractivity (Wildman–Crippen MR) is 114 cm³/mol. The molecule has 2 aromatic rings. The van der Waals surface area contributed by atoms with Crippen molar-refractivity contribution in [2.75, 3.05) is 45.7 Å². The molecule has 1 amide bonds. The number of morpholine rings is 1. The molecule has 0 saturated carbocycles. The molecule has 28 heavy (non-hydrogen) atoms. The molecular weight excluding hydrogens is 372 g/mol. The lowest BCUT2D eigenvalue weighted by atomic mass is 10.0. The average molecular weight is 401 g/mol. The second kappa shape index (κ2) is 11.1. The van der Waals surface area contributed by atoms with E-state index in [-0.39, 0.29) is 11.9 Å². The van der Waals surface area contributed by atoms with Crippen LogP contribution in [0.5, 0.6) is 5.75 Å². The Labute approximate surface area is 171 Å². The van der Waals surface area contributed by atoms with Gasteiger partial charge in [-0.25, -0.2) is 0 Å². The number of hydrogen-bond acceptors (Lipinski definition) is 5. The highest BCUT2D eigenvalue weighted by atomic mass is 32.2. The van der Waals surface area contributed by atoms with E-state index in [1.807, 2.05) is 30.3 Å². The van der Waals surface area contributed by atoms with Gasteiger partial charge in [-0.05, 0) is 23.3 Å². The highest BCUT2D eigenvalue weighted by Gasteiger charge is 2.23. The second-order valence-corrected chi connectivity index (χ2v) is 7.71. The topological polar surface area (TPSA) is 50.8 Å². The fraction of sp³-hybridized carbons (Fsp3) is 0.409. The molecule has 2 aromatic carbocycles. The molecular formula is C22H28N2O3S. The molecule has 1 saturated heterocycles. The van der Waals surface area contributed by atoms with E-state index in [1.54, 1.807) is 18.9 Å². The maximum absolute atomic E-state index is 12.4. The number of methoxy groups -OCH3 is 1. The molecule has 1 atom stereocenters. The van der Waals surface area contributed by atoms with Crippen molar-refractivity contribution in [1.82, 2.24) is 10.2 Å². The lowest BCUT2D eigenvalue weighted by Gasteiger charge is -2.35. The standard InChI is InChI=1S/C22H28N2O3S/c1-26-20-9-5-8-19(14-20)21(24-10-12-27-13-11-24)15-23-22(25)17-28-16-18-6-3-2-4-7-18/h2-9,14,21H,10-13,15-17H2,1H3,(H,23,25)/t21-/m0/s1. The predicted octanol–water partition coefficient (Wildman–Crippen LogP) is 3.12. The van der Waals surface area contributed by atoms with Crippen LogP contribution in [0.3, 0.4) is 0 Å². The molecule has 0 aliphatic carbocycles. The van der Waals surface area contributed by atoms with Crippen LogP contribution in [0.2, 0.25) is 0 Å². The third-order valence-corrected chi connectivity index (χ3v) is 5.81. The van der Waals surface area contributed by atoms with Crippen molar-refractivity contribution in [3.05, 3.63) is 65.7 Å². The van der Waals surface area contributed by atoms with E-state index < -0.39 is 0 Å². The van der Waals surface area contributed by atoms with Crippen LogP contribution in [0, 0.1) is 0 Å². The first-order chi connectivity index (χ1) is 13.8. The van der Waals surface area contributed by atoms with E-state index in [2.05, 4.69) is 34.5 Å². The summed E-state index contributed by atoms with van der Waals surface area (Å²) in [6.45, 7) is 3.75. The van der Waals surface area contributed by atoms with Crippen LogP contribution in [0.25, 0.3) is 0 Å². The number of thioether (sulfide) groups is 1. The van der Waals surface area contributed by atoms with Gasteiger partial charge in [0.1, 0.15) is 5.75 Å². The first-order valence-corrected chi connectivity index (χ1v) is 10.8. The Balaban J connectivity index is 1.55. The largest absolute Gasteiger partial charge is 0.497 e. The molecule has 1 aliphatic heterocycles. The number of carbonyl (C=O) groups is 1. The molecule has 5 nitrogen and oxygen atoms in total. The van der Waals surface area contributed by atoms with Crippen molar-refractivity contribution in [2.45, 2.75) is 11.8 Å². The number of nitrogens with one attached hydrogen (secondary N) is 1. The molecule has 1 heterocycles. The third kappa shape index (κ3) is 6.26. The molecule has 3 rings (SSSR count). The van der Waals surface area contributed by atoms with E-state index in [1.165, 1.54) is 5.56 Å². The molecule has 1 N–H and O–H groups in total. The summed E-state index contributed by atoms with van der Waals surface area (Å²) in [4.78, 5) is 14.7. The molecule has 1 aliphatic rings.